The molecule has 4 rings (SSSR count). The Balaban J connectivity index is 1.47. The van der Waals surface area contributed by atoms with E-state index in [1.54, 1.807) is 0 Å². The highest BCUT2D eigenvalue weighted by Crippen LogP contribution is 2.36. The van der Waals surface area contributed by atoms with Crippen LogP contribution in [0.4, 0.5) is 0 Å². The summed E-state index contributed by atoms with van der Waals surface area (Å²) in [6, 6.07) is 20.2. The third kappa shape index (κ3) is 5.95. The highest BCUT2D eigenvalue weighted by molar-refractivity contribution is 5.96. The highest BCUT2D eigenvalue weighted by atomic mass is 16.4. The van der Waals surface area contributed by atoms with Gasteiger partial charge in [0.2, 0.25) is 11.7 Å². The molecule has 0 amide bonds. The molecule has 1 atom stereocenters. The molecule has 1 aliphatic carbocycles. The van der Waals surface area contributed by atoms with E-state index in [0.717, 1.165) is 29.6 Å². The van der Waals surface area contributed by atoms with Crippen molar-refractivity contribution in [2.24, 2.45) is 5.92 Å². The monoisotopic (exact) mass is 431 g/mol. The van der Waals surface area contributed by atoms with E-state index in [9.17, 15) is 4.79 Å². The van der Waals surface area contributed by atoms with E-state index in [4.69, 9.17) is 9.40 Å². The lowest BCUT2D eigenvalue weighted by molar-refractivity contribution is -0.896. The van der Waals surface area contributed by atoms with Crippen molar-refractivity contribution in [3.05, 3.63) is 89.6 Å². The number of benzene rings is 2. The van der Waals surface area contributed by atoms with Crippen LogP contribution in [0, 0.1) is 5.92 Å². The molecule has 4 nitrogen and oxygen atoms in total. The summed E-state index contributed by atoms with van der Waals surface area (Å²) < 4.78 is 6.86. The molecule has 1 aromatic heterocycles. The molecule has 1 unspecified atom stereocenters. The Hall–Kier alpha value is -2.72. The zero-order chi connectivity index (χ0) is 22.4. The number of likely N-dealkylation sites (N-methyl/N-ethyl adjacent to an activating group) is 1. The van der Waals surface area contributed by atoms with Gasteiger partial charge in [0.25, 0.3) is 0 Å². The summed E-state index contributed by atoms with van der Waals surface area (Å²) in [7, 11) is 4.14. The van der Waals surface area contributed by atoms with E-state index >= 15 is 0 Å². The van der Waals surface area contributed by atoms with Gasteiger partial charge in [-0.05, 0) is 17.9 Å². The standard InChI is InChI=1S/C28H35N2O2/c1-30(2,21-27(31)24-16-10-5-11-17-24)20-25-19-29-28(32-25)26(23-14-8-4-9-15-23)18-22-12-6-3-7-13-22/h4-5,8-11,14-17,19,22,26H,3,6-7,12-13,18,20-21H2,1-2H3/q+1. The largest absolute Gasteiger partial charge is 0.439 e. The molecule has 1 heterocycles. The Kier molecular flexibility index (Phi) is 7.21. The molecule has 0 radical (unpaired) electrons. The number of oxazole rings is 1. The Labute approximate surface area is 191 Å². The van der Waals surface area contributed by atoms with E-state index in [1.165, 1.54) is 37.7 Å². The molecule has 2 aromatic carbocycles. The maximum absolute atomic E-state index is 12.7. The van der Waals surface area contributed by atoms with Crippen molar-refractivity contribution in [3.63, 3.8) is 0 Å². The lowest BCUT2D eigenvalue weighted by atomic mass is 9.80. The lowest BCUT2D eigenvalue weighted by Crippen LogP contribution is -2.42. The van der Waals surface area contributed by atoms with Crippen molar-refractivity contribution in [3.8, 4) is 0 Å². The normalized spacial score (nSPS) is 16.1. The molecular formula is C28H35N2O2+. The maximum Gasteiger partial charge on any atom is 0.216 e. The fourth-order valence-electron chi connectivity index (χ4n) is 4.96. The van der Waals surface area contributed by atoms with Gasteiger partial charge in [0.15, 0.2) is 5.76 Å². The summed E-state index contributed by atoms with van der Waals surface area (Å²) in [6.07, 6.45) is 9.61. The smallest absolute Gasteiger partial charge is 0.216 e. The zero-order valence-corrected chi connectivity index (χ0v) is 19.4. The van der Waals surface area contributed by atoms with Gasteiger partial charge in [-0.3, -0.25) is 4.79 Å². The van der Waals surface area contributed by atoms with E-state index in [-0.39, 0.29) is 11.7 Å². The van der Waals surface area contributed by atoms with Crippen molar-refractivity contribution < 1.29 is 13.7 Å². The molecule has 3 aromatic rings. The van der Waals surface area contributed by atoms with Crippen molar-refractivity contribution >= 4 is 5.78 Å². The maximum atomic E-state index is 12.7. The summed E-state index contributed by atoms with van der Waals surface area (Å²) >= 11 is 0. The Morgan fingerprint density at radius 3 is 2.34 bits per heavy atom. The van der Waals surface area contributed by atoms with Gasteiger partial charge in [-0.25, -0.2) is 4.98 Å². The topological polar surface area (TPSA) is 43.1 Å². The van der Waals surface area contributed by atoms with Gasteiger partial charge >= 0.3 is 0 Å². The first kappa shape index (κ1) is 22.5. The molecular weight excluding hydrogens is 396 g/mol. The first-order valence-electron chi connectivity index (χ1n) is 11.9. The van der Waals surface area contributed by atoms with Crippen LogP contribution in [-0.2, 0) is 6.54 Å². The number of ketones is 1. The highest BCUT2D eigenvalue weighted by Gasteiger charge is 2.28. The average Bonchev–Trinajstić information content (AvgIpc) is 3.26. The van der Waals surface area contributed by atoms with Crippen molar-refractivity contribution in [2.45, 2.75) is 51.0 Å². The van der Waals surface area contributed by atoms with Crippen molar-refractivity contribution in [1.29, 1.82) is 0 Å². The fourth-order valence-corrected chi connectivity index (χ4v) is 4.96. The molecule has 32 heavy (non-hydrogen) atoms. The van der Waals surface area contributed by atoms with Gasteiger partial charge in [0, 0.05) is 5.56 Å². The quantitative estimate of drug-likeness (QED) is 0.298. The third-order valence-corrected chi connectivity index (χ3v) is 6.62. The molecule has 0 spiro atoms. The van der Waals surface area contributed by atoms with Gasteiger partial charge in [0.05, 0.1) is 26.2 Å². The number of rotatable bonds is 9. The minimum absolute atomic E-state index is 0.148. The molecule has 0 bridgehead atoms. The van der Waals surface area contributed by atoms with E-state index in [0.29, 0.717) is 17.6 Å². The van der Waals surface area contributed by atoms with Crippen LogP contribution < -0.4 is 0 Å². The van der Waals surface area contributed by atoms with Gasteiger partial charge in [-0.1, -0.05) is 92.8 Å². The minimum atomic E-state index is 0.148. The fraction of sp³-hybridized carbons (Fsp3) is 0.429. The second kappa shape index (κ2) is 10.3. The third-order valence-electron chi connectivity index (χ3n) is 6.62. The van der Waals surface area contributed by atoms with E-state index in [2.05, 4.69) is 44.4 Å². The molecule has 0 saturated heterocycles. The Morgan fingerprint density at radius 1 is 1.00 bits per heavy atom. The number of carbonyl (C=O) groups excluding carboxylic acids is 1. The SMILES string of the molecule is C[N+](C)(CC(=O)c1ccccc1)Cc1cnc(C(CC2CCCCC2)c2ccccc2)o1. The molecule has 1 saturated carbocycles. The van der Waals surface area contributed by atoms with Crippen LogP contribution in [0.15, 0.2) is 71.3 Å². The number of hydrogen-bond donors (Lipinski definition) is 0. The van der Waals surface area contributed by atoms with Crippen molar-refractivity contribution in [1.82, 2.24) is 4.98 Å². The second-order valence-corrected chi connectivity index (χ2v) is 9.91. The van der Waals surface area contributed by atoms with Gasteiger partial charge in [-0.15, -0.1) is 0 Å². The van der Waals surface area contributed by atoms with Crippen LogP contribution in [0.3, 0.4) is 0 Å². The molecule has 1 fully saturated rings. The first-order chi connectivity index (χ1) is 15.5. The van der Waals surface area contributed by atoms with E-state index < -0.39 is 0 Å². The van der Waals surface area contributed by atoms with Crippen LogP contribution in [0.5, 0.6) is 0 Å². The summed E-state index contributed by atoms with van der Waals surface area (Å²) in [5.41, 5.74) is 2.04. The number of hydrogen-bond acceptors (Lipinski definition) is 3. The van der Waals surface area contributed by atoms with Crippen molar-refractivity contribution in [2.75, 3.05) is 20.6 Å². The minimum Gasteiger partial charge on any atom is -0.439 e. The number of Topliss-reactive ketones (excluding diaryl/α,β-unsaturated/α-hetero) is 1. The lowest BCUT2D eigenvalue weighted by Gasteiger charge is -2.28. The predicted octanol–water partition coefficient (Wildman–Crippen LogP) is 6.24. The molecule has 168 valence electrons. The summed E-state index contributed by atoms with van der Waals surface area (Å²) in [6.45, 7) is 1.06. The summed E-state index contributed by atoms with van der Waals surface area (Å²) in [4.78, 5) is 17.4. The summed E-state index contributed by atoms with van der Waals surface area (Å²) in [5.74, 6) is 2.73. The Bertz CT molecular complexity index is 989. The number of quaternary nitrogens is 1. The van der Waals surface area contributed by atoms with Gasteiger partial charge in [-0.2, -0.15) is 0 Å². The van der Waals surface area contributed by atoms with Crippen LogP contribution in [0.1, 0.15) is 72.0 Å². The number of carbonyl (C=O) groups is 1. The molecule has 1 aliphatic rings. The zero-order valence-electron chi connectivity index (χ0n) is 19.4. The first-order valence-corrected chi connectivity index (χ1v) is 11.9. The second-order valence-electron chi connectivity index (χ2n) is 9.91. The van der Waals surface area contributed by atoms with Crippen LogP contribution >= 0.6 is 0 Å². The predicted molar refractivity (Wildman–Crippen MR) is 127 cm³/mol. The van der Waals surface area contributed by atoms with Crippen LogP contribution in [-0.4, -0.2) is 35.9 Å². The molecule has 0 N–H and O–H groups in total. The average molecular weight is 432 g/mol. The molecule has 4 heteroatoms. The van der Waals surface area contributed by atoms with Crippen LogP contribution in [0.25, 0.3) is 0 Å². The summed E-state index contributed by atoms with van der Waals surface area (Å²) in [5, 5.41) is 0. The Morgan fingerprint density at radius 2 is 1.66 bits per heavy atom. The van der Waals surface area contributed by atoms with E-state index in [1.807, 2.05) is 36.5 Å². The van der Waals surface area contributed by atoms with Crippen LogP contribution in [0.2, 0.25) is 0 Å². The number of aromatic nitrogens is 1. The molecule has 0 aliphatic heterocycles. The number of nitrogens with zero attached hydrogens (tertiary/aromatic N) is 2. The van der Waals surface area contributed by atoms with Gasteiger partial charge < -0.3 is 8.90 Å². The van der Waals surface area contributed by atoms with Gasteiger partial charge in [0.1, 0.15) is 13.1 Å².